The molecule has 0 radical (unpaired) electrons. The highest BCUT2D eigenvalue weighted by atomic mass is 19.1. The molecule has 2 aliphatic rings. The summed E-state index contributed by atoms with van der Waals surface area (Å²) in [6.07, 6.45) is 2.63. The van der Waals surface area contributed by atoms with Crippen LogP contribution in [-0.4, -0.2) is 32.5 Å². The molecule has 1 aromatic carbocycles. The Morgan fingerprint density at radius 3 is 2.63 bits per heavy atom. The highest BCUT2D eigenvalue weighted by Gasteiger charge is 2.32. The molecule has 3 rings (SSSR count). The molecule has 104 valence electrons. The van der Waals surface area contributed by atoms with Crippen molar-refractivity contribution in [2.45, 2.75) is 25.0 Å². The van der Waals surface area contributed by atoms with Crippen molar-refractivity contribution >= 4 is 0 Å². The lowest BCUT2D eigenvalue weighted by atomic mass is 10.0. The number of halogens is 1. The van der Waals surface area contributed by atoms with E-state index in [0.717, 1.165) is 6.54 Å². The fourth-order valence-electron chi connectivity index (χ4n) is 2.57. The molecule has 1 aliphatic heterocycles. The number of hydrogen-bond donors (Lipinski definition) is 1. The van der Waals surface area contributed by atoms with Gasteiger partial charge in [0.1, 0.15) is 5.82 Å². The summed E-state index contributed by atoms with van der Waals surface area (Å²) in [4.78, 5) is 0. The first-order valence-corrected chi connectivity index (χ1v) is 7.01. The molecule has 1 N–H and O–H groups in total. The van der Waals surface area contributed by atoms with Gasteiger partial charge < -0.3 is 14.8 Å². The third-order valence-corrected chi connectivity index (χ3v) is 3.77. The average molecular weight is 265 g/mol. The predicted octanol–water partition coefficient (Wildman–Crippen LogP) is 2.28. The number of hydrogen-bond acceptors (Lipinski definition) is 3. The van der Waals surface area contributed by atoms with Crippen molar-refractivity contribution in [2.75, 3.05) is 26.4 Å². The highest BCUT2D eigenvalue weighted by molar-refractivity contribution is 5.22. The maximum Gasteiger partial charge on any atom is 0.123 e. The van der Waals surface area contributed by atoms with Gasteiger partial charge in [-0.05, 0) is 36.5 Å². The normalized spacial score (nSPS) is 25.2. The number of rotatable bonds is 5. The van der Waals surface area contributed by atoms with Crippen LogP contribution in [0.15, 0.2) is 24.3 Å². The molecule has 0 amide bonds. The van der Waals surface area contributed by atoms with E-state index in [-0.39, 0.29) is 11.9 Å². The van der Waals surface area contributed by atoms with E-state index in [4.69, 9.17) is 9.47 Å². The van der Waals surface area contributed by atoms with Crippen LogP contribution in [0.2, 0.25) is 0 Å². The summed E-state index contributed by atoms with van der Waals surface area (Å²) < 4.78 is 24.0. The molecule has 0 aromatic heterocycles. The molecule has 1 heterocycles. The van der Waals surface area contributed by atoms with Crippen LogP contribution in [0.5, 0.6) is 0 Å². The summed E-state index contributed by atoms with van der Waals surface area (Å²) in [7, 11) is 0. The minimum atomic E-state index is -0.178. The number of benzene rings is 1. The summed E-state index contributed by atoms with van der Waals surface area (Å²) in [5, 5.41) is 3.56. The lowest BCUT2D eigenvalue weighted by Gasteiger charge is -2.26. The lowest BCUT2D eigenvalue weighted by molar-refractivity contribution is -0.0872. The molecule has 2 fully saturated rings. The number of nitrogens with one attached hydrogen (secondary N) is 1. The van der Waals surface area contributed by atoms with Gasteiger partial charge in [-0.25, -0.2) is 4.39 Å². The van der Waals surface area contributed by atoms with E-state index in [0.29, 0.717) is 31.8 Å². The van der Waals surface area contributed by atoms with Gasteiger partial charge in [-0.2, -0.15) is 0 Å². The van der Waals surface area contributed by atoms with E-state index in [9.17, 15) is 4.39 Å². The summed E-state index contributed by atoms with van der Waals surface area (Å²) in [6.45, 7) is 2.82. The Morgan fingerprint density at radius 1 is 1.21 bits per heavy atom. The van der Waals surface area contributed by atoms with E-state index in [1.807, 2.05) is 12.1 Å². The van der Waals surface area contributed by atoms with Crippen molar-refractivity contribution in [3.8, 4) is 0 Å². The van der Waals surface area contributed by atoms with Crippen LogP contribution in [0.1, 0.15) is 24.4 Å². The third-order valence-electron chi connectivity index (χ3n) is 3.77. The zero-order valence-corrected chi connectivity index (χ0v) is 11.0. The van der Waals surface area contributed by atoms with Gasteiger partial charge in [-0.15, -0.1) is 0 Å². The molecule has 2 atom stereocenters. The first kappa shape index (κ1) is 13.0. The van der Waals surface area contributed by atoms with Crippen molar-refractivity contribution in [3.63, 3.8) is 0 Å². The van der Waals surface area contributed by atoms with Crippen molar-refractivity contribution in [1.29, 1.82) is 0 Å². The van der Waals surface area contributed by atoms with Gasteiger partial charge in [0.2, 0.25) is 0 Å². The Balaban J connectivity index is 1.59. The van der Waals surface area contributed by atoms with Crippen LogP contribution < -0.4 is 5.32 Å². The van der Waals surface area contributed by atoms with Gasteiger partial charge in [0.15, 0.2) is 0 Å². The molecule has 1 aliphatic carbocycles. The molecule has 4 heteroatoms. The van der Waals surface area contributed by atoms with E-state index in [1.165, 1.54) is 30.5 Å². The molecular formula is C15H20FNO2. The molecule has 0 spiro atoms. The fraction of sp³-hybridized carbons (Fsp3) is 0.600. The summed E-state index contributed by atoms with van der Waals surface area (Å²) in [5.74, 6) is 0.497. The summed E-state index contributed by atoms with van der Waals surface area (Å²) in [6, 6.07) is 7.14. The van der Waals surface area contributed by atoms with E-state index >= 15 is 0 Å². The first-order chi connectivity index (χ1) is 9.33. The molecule has 2 unspecified atom stereocenters. The third kappa shape index (κ3) is 3.53. The minimum absolute atomic E-state index is 0.135. The lowest BCUT2D eigenvalue weighted by Crippen LogP contribution is -2.39. The van der Waals surface area contributed by atoms with E-state index < -0.39 is 0 Å². The smallest absolute Gasteiger partial charge is 0.123 e. The van der Waals surface area contributed by atoms with Crippen molar-refractivity contribution in [2.24, 2.45) is 5.92 Å². The van der Waals surface area contributed by atoms with Gasteiger partial charge in [-0.1, -0.05) is 12.1 Å². The second-order valence-electron chi connectivity index (χ2n) is 5.34. The Bertz CT molecular complexity index is 399. The Morgan fingerprint density at radius 2 is 2.00 bits per heavy atom. The average Bonchev–Trinajstić information content (AvgIpc) is 3.27. The van der Waals surface area contributed by atoms with Crippen molar-refractivity contribution in [3.05, 3.63) is 35.6 Å². The molecule has 1 saturated carbocycles. The van der Waals surface area contributed by atoms with E-state index in [1.54, 1.807) is 0 Å². The van der Waals surface area contributed by atoms with Crippen LogP contribution in [0, 0.1) is 11.7 Å². The topological polar surface area (TPSA) is 30.5 Å². The standard InChI is InChI=1S/C15H20FNO2/c16-13-5-3-12(4-6-13)15(11-1-2-11)17-9-14-10-18-7-8-19-14/h3-6,11,14-15,17H,1-2,7-10H2. The van der Waals surface area contributed by atoms with Crippen LogP contribution in [0.3, 0.4) is 0 Å². The Hall–Kier alpha value is -0.970. The minimum Gasteiger partial charge on any atom is -0.376 e. The van der Waals surface area contributed by atoms with Crippen molar-refractivity contribution < 1.29 is 13.9 Å². The van der Waals surface area contributed by atoms with E-state index in [2.05, 4.69) is 5.32 Å². The maximum absolute atomic E-state index is 13.0. The molecule has 1 saturated heterocycles. The summed E-state index contributed by atoms with van der Waals surface area (Å²) >= 11 is 0. The number of ether oxygens (including phenoxy) is 2. The van der Waals surface area contributed by atoms with Gasteiger partial charge in [0, 0.05) is 12.6 Å². The quantitative estimate of drug-likeness (QED) is 0.886. The summed E-state index contributed by atoms with van der Waals surface area (Å²) in [5.41, 5.74) is 1.17. The second-order valence-corrected chi connectivity index (χ2v) is 5.34. The van der Waals surface area contributed by atoms with Gasteiger partial charge in [0.25, 0.3) is 0 Å². The Kier molecular flexibility index (Phi) is 4.11. The largest absolute Gasteiger partial charge is 0.376 e. The van der Waals surface area contributed by atoms with Gasteiger partial charge in [-0.3, -0.25) is 0 Å². The van der Waals surface area contributed by atoms with Crippen LogP contribution >= 0.6 is 0 Å². The zero-order chi connectivity index (χ0) is 13.1. The highest BCUT2D eigenvalue weighted by Crippen LogP contribution is 2.41. The fourth-order valence-corrected chi connectivity index (χ4v) is 2.57. The SMILES string of the molecule is Fc1ccc(C(NCC2COCCO2)C2CC2)cc1. The molecular weight excluding hydrogens is 245 g/mol. The molecule has 3 nitrogen and oxygen atoms in total. The monoisotopic (exact) mass is 265 g/mol. The molecule has 19 heavy (non-hydrogen) atoms. The molecule has 0 bridgehead atoms. The molecule has 1 aromatic rings. The van der Waals surface area contributed by atoms with Crippen molar-refractivity contribution in [1.82, 2.24) is 5.32 Å². The predicted molar refractivity (Wildman–Crippen MR) is 70.4 cm³/mol. The second kappa shape index (κ2) is 5.99. The van der Waals surface area contributed by atoms with Gasteiger partial charge >= 0.3 is 0 Å². The van der Waals surface area contributed by atoms with Crippen LogP contribution in [-0.2, 0) is 9.47 Å². The zero-order valence-electron chi connectivity index (χ0n) is 11.0. The van der Waals surface area contributed by atoms with Crippen LogP contribution in [0.25, 0.3) is 0 Å². The van der Waals surface area contributed by atoms with Crippen LogP contribution in [0.4, 0.5) is 4.39 Å². The van der Waals surface area contributed by atoms with Gasteiger partial charge in [0.05, 0.1) is 25.9 Å². The maximum atomic E-state index is 13.0. The first-order valence-electron chi connectivity index (χ1n) is 7.01. The Labute approximate surface area is 113 Å².